The van der Waals surface area contributed by atoms with Gasteiger partial charge >= 0.3 is 0 Å². The highest BCUT2D eigenvalue weighted by atomic mass is 35.5. The van der Waals surface area contributed by atoms with Crippen molar-refractivity contribution in [2.45, 2.75) is 17.4 Å². The summed E-state index contributed by atoms with van der Waals surface area (Å²) in [5.41, 5.74) is 7.13. The number of nitrogens with one attached hydrogen (secondary N) is 1. The molecule has 0 saturated heterocycles. The second kappa shape index (κ2) is 9.85. The molecule has 3 rings (SSSR count). The molecular formula is C18H21Cl2N3O2S. The predicted octanol–water partition coefficient (Wildman–Crippen LogP) is 2.93. The van der Waals surface area contributed by atoms with Gasteiger partial charge in [0, 0.05) is 30.4 Å². The molecular weight excluding hydrogens is 393 g/mol. The molecule has 140 valence electrons. The molecule has 1 aromatic heterocycles. The molecule has 1 heterocycles. The minimum Gasteiger partial charge on any atom is -0.326 e. The molecule has 0 aliphatic heterocycles. The van der Waals surface area contributed by atoms with Crippen molar-refractivity contribution in [2.24, 2.45) is 5.73 Å². The van der Waals surface area contributed by atoms with Crippen LogP contribution >= 0.6 is 24.8 Å². The van der Waals surface area contributed by atoms with Crippen molar-refractivity contribution < 1.29 is 8.42 Å². The van der Waals surface area contributed by atoms with Gasteiger partial charge in [-0.2, -0.15) is 0 Å². The Morgan fingerprint density at radius 1 is 1.00 bits per heavy atom. The fourth-order valence-corrected chi connectivity index (χ4v) is 3.65. The van der Waals surface area contributed by atoms with Crippen LogP contribution in [-0.4, -0.2) is 26.0 Å². The maximum absolute atomic E-state index is 12.5. The van der Waals surface area contributed by atoms with E-state index in [2.05, 4.69) is 9.71 Å². The monoisotopic (exact) mass is 413 g/mol. The number of rotatable bonds is 6. The number of halogens is 2. The summed E-state index contributed by atoms with van der Waals surface area (Å²) in [4.78, 5) is 4.25. The maximum atomic E-state index is 12.5. The number of sulfonamides is 1. The number of nitrogens with zero attached hydrogens (tertiary/aromatic N) is 1. The van der Waals surface area contributed by atoms with Gasteiger partial charge < -0.3 is 5.73 Å². The van der Waals surface area contributed by atoms with Crippen LogP contribution in [0.3, 0.4) is 0 Å². The Kier molecular flexibility index (Phi) is 8.46. The van der Waals surface area contributed by atoms with Crippen molar-refractivity contribution in [3.8, 4) is 0 Å². The lowest BCUT2D eigenvalue weighted by Crippen LogP contribution is -2.38. The molecule has 0 bridgehead atoms. The first kappa shape index (κ1) is 22.3. The van der Waals surface area contributed by atoms with E-state index in [1.165, 1.54) is 0 Å². The lowest BCUT2D eigenvalue weighted by atomic mass is 10.1. The van der Waals surface area contributed by atoms with Gasteiger partial charge in [-0.05, 0) is 35.6 Å². The van der Waals surface area contributed by atoms with E-state index in [0.29, 0.717) is 6.42 Å². The number of fused-ring (bicyclic) bond motifs is 1. The molecule has 0 fully saturated rings. The lowest BCUT2D eigenvalue weighted by molar-refractivity contribution is 0.567. The first-order chi connectivity index (χ1) is 11.5. The fourth-order valence-electron chi connectivity index (χ4n) is 2.52. The third-order valence-electron chi connectivity index (χ3n) is 3.80. The van der Waals surface area contributed by atoms with Crippen molar-refractivity contribution in [1.82, 2.24) is 9.71 Å². The quantitative estimate of drug-likeness (QED) is 0.650. The van der Waals surface area contributed by atoms with E-state index in [4.69, 9.17) is 5.73 Å². The van der Waals surface area contributed by atoms with E-state index in [-0.39, 0.29) is 42.3 Å². The largest absolute Gasteiger partial charge is 0.326 e. The predicted molar refractivity (Wildman–Crippen MR) is 110 cm³/mol. The zero-order chi connectivity index (χ0) is 17.0. The van der Waals surface area contributed by atoms with Gasteiger partial charge in [0.15, 0.2) is 0 Å². The third kappa shape index (κ3) is 5.65. The fraction of sp³-hybridized carbons (Fsp3) is 0.167. The maximum Gasteiger partial charge on any atom is 0.240 e. The SMILES string of the molecule is Cl.Cl.NC(CNS(=O)(=O)c1ccc2cnccc2c1)Cc1ccccc1. The first-order valence-electron chi connectivity index (χ1n) is 7.67. The Bertz CT molecular complexity index is 937. The molecule has 0 amide bonds. The van der Waals surface area contributed by atoms with Crippen LogP contribution < -0.4 is 10.5 Å². The Labute approximate surface area is 165 Å². The van der Waals surface area contributed by atoms with Gasteiger partial charge in [0.2, 0.25) is 10.0 Å². The van der Waals surface area contributed by atoms with Gasteiger partial charge in [-0.15, -0.1) is 24.8 Å². The standard InChI is InChI=1S/C18H19N3O2S.2ClH/c19-17(10-14-4-2-1-3-5-14)13-21-24(22,23)18-7-6-16-12-20-9-8-15(16)11-18;;/h1-9,11-12,17,21H,10,13,19H2;2*1H. The lowest BCUT2D eigenvalue weighted by Gasteiger charge is -2.13. The van der Waals surface area contributed by atoms with Gasteiger partial charge in [-0.25, -0.2) is 13.1 Å². The average molecular weight is 414 g/mol. The van der Waals surface area contributed by atoms with Crippen LogP contribution in [0.1, 0.15) is 5.56 Å². The van der Waals surface area contributed by atoms with E-state index in [9.17, 15) is 8.42 Å². The molecule has 1 unspecified atom stereocenters. The van der Waals surface area contributed by atoms with E-state index in [1.54, 1.807) is 36.7 Å². The van der Waals surface area contributed by atoms with E-state index >= 15 is 0 Å². The Morgan fingerprint density at radius 3 is 2.46 bits per heavy atom. The van der Waals surface area contributed by atoms with Crippen LogP contribution in [0.25, 0.3) is 10.8 Å². The number of hydrogen-bond acceptors (Lipinski definition) is 4. The second-order valence-electron chi connectivity index (χ2n) is 5.69. The highest BCUT2D eigenvalue weighted by Crippen LogP contribution is 2.18. The van der Waals surface area contributed by atoms with Crippen molar-refractivity contribution in [1.29, 1.82) is 0 Å². The van der Waals surface area contributed by atoms with Gasteiger partial charge in [0.25, 0.3) is 0 Å². The summed E-state index contributed by atoms with van der Waals surface area (Å²) in [5, 5.41) is 1.73. The molecule has 0 radical (unpaired) electrons. The summed E-state index contributed by atoms with van der Waals surface area (Å²) in [6, 6.07) is 16.2. The first-order valence-corrected chi connectivity index (χ1v) is 9.16. The molecule has 0 saturated carbocycles. The smallest absolute Gasteiger partial charge is 0.240 e. The average Bonchev–Trinajstić information content (AvgIpc) is 2.60. The van der Waals surface area contributed by atoms with Crippen molar-refractivity contribution in [3.05, 3.63) is 72.6 Å². The Hall–Kier alpha value is -1.70. The van der Waals surface area contributed by atoms with Crippen LogP contribution in [0.5, 0.6) is 0 Å². The third-order valence-corrected chi connectivity index (χ3v) is 5.22. The van der Waals surface area contributed by atoms with E-state index < -0.39 is 10.0 Å². The molecule has 8 heteroatoms. The molecule has 3 aromatic rings. The van der Waals surface area contributed by atoms with Crippen LogP contribution in [0.4, 0.5) is 0 Å². The minimum absolute atomic E-state index is 0. The summed E-state index contributed by atoms with van der Waals surface area (Å²) in [5.74, 6) is 0. The van der Waals surface area contributed by atoms with Crippen molar-refractivity contribution in [2.75, 3.05) is 6.54 Å². The van der Waals surface area contributed by atoms with Gasteiger partial charge in [0.05, 0.1) is 4.90 Å². The topological polar surface area (TPSA) is 85.1 Å². The molecule has 1 atom stereocenters. The molecule has 5 nitrogen and oxygen atoms in total. The van der Waals surface area contributed by atoms with Crippen LogP contribution in [-0.2, 0) is 16.4 Å². The number of benzene rings is 2. The van der Waals surface area contributed by atoms with E-state index in [1.807, 2.05) is 30.3 Å². The molecule has 0 spiro atoms. The van der Waals surface area contributed by atoms with Crippen LogP contribution in [0, 0.1) is 0 Å². The van der Waals surface area contributed by atoms with Crippen LogP contribution in [0.2, 0.25) is 0 Å². The zero-order valence-corrected chi connectivity index (χ0v) is 16.4. The molecule has 3 N–H and O–H groups in total. The Balaban J connectivity index is 0.00000169. The molecule has 0 aliphatic rings. The Morgan fingerprint density at radius 2 is 1.73 bits per heavy atom. The van der Waals surface area contributed by atoms with Gasteiger partial charge in [-0.3, -0.25) is 4.98 Å². The van der Waals surface area contributed by atoms with Crippen molar-refractivity contribution in [3.63, 3.8) is 0 Å². The summed E-state index contributed by atoms with van der Waals surface area (Å²) < 4.78 is 27.5. The van der Waals surface area contributed by atoms with E-state index in [0.717, 1.165) is 16.3 Å². The molecule has 2 aromatic carbocycles. The van der Waals surface area contributed by atoms with Gasteiger partial charge in [0.1, 0.15) is 0 Å². The number of nitrogens with two attached hydrogens (primary N) is 1. The van der Waals surface area contributed by atoms with Gasteiger partial charge in [-0.1, -0.05) is 36.4 Å². The molecule has 0 aliphatic carbocycles. The summed E-state index contributed by atoms with van der Waals surface area (Å²) in [7, 11) is -3.59. The molecule has 26 heavy (non-hydrogen) atoms. The normalized spacial score (nSPS) is 12.0. The second-order valence-corrected chi connectivity index (χ2v) is 7.45. The zero-order valence-electron chi connectivity index (χ0n) is 13.9. The number of aromatic nitrogens is 1. The number of hydrogen-bond donors (Lipinski definition) is 2. The van der Waals surface area contributed by atoms with Crippen LogP contribution in [0.15, 0.2) is 71.9 Å². The summed E-state index contributed by atoms with van der Waals surface area (Å²) in [6.45, 7) is 0.186. The highest BCUT2D eigenvalue weighted by molar-refractivity contribution is 7.89. The minimum atomic E-state index is -3.59. The highest BCUT2D eigenvalue weighted by Gasteiger charge is 2.16. The van der Waals surface area contributed by atoms with Crippen molar-refractivity contribution >= 4 is 45.6 Å². The summed E-state index contributed by atoms with van der Waals surface area (Å²) in [6.07, 6.45) is 3.96. The summed E-state index contributed by atoms with van der Waals surface area (Å²) >= 11 is 0. The number of pyridine rings is 1.